The molecule has 0 bridgehead atoms. The third-order valence-corrected chi connectivity index (χ3v) is 4.25. The van der Waals surface area contributed by atoms with Gasteiger partial charge < -0.3 is 5.73 Å². The van der Waals surface area contributed by atoms with E-state index in [9.17, 15) is 8.42 Å². The van der Waals surface area contributed by atoms with Gasteiger partial charge in [-0.3, -0.25) is 9.71 Å². The van der Waals surface area contributed by atoms with Crippen LogP contribution in [0.25, 0.3) is 10.9 Å². The molecule has 0 aliphatic heterocycles. The standard InChI is InChI=1S/C13H11N5O2S/c14-10-5-6-11(13-9(10)3-1-7-15-13)21(19,20)18-12-4-2-8-16-17-12/h1-8H,14H2,(H,17,18). The van der Waals surface area contributed by atoms with Crippen molar-refractivity contribution in [3.8, 4) is 0 Å². The van der Waals surface area contributed by atoms with Gasteiger partial charge in [0.2, 0.25) is 0 Å². The van der Waals surface area contributed by atoms with Crippen molar-refractivity contribution in [3.05, 3.63) is 48.8 Å². The molecule has 3 aromatic rings. The molecule has 0 saturated carbocycles. The Kier molecular flexibility index (Phi) is 3.15. The van der Waals surface area contributed by atoms with E-state index in [0.717, 1.165) is 0 Å². The van der Waals surface area contributed by atoms with Crippen LogP contribution in [0.5, 0.6) is 0 Å². The maximum atomic E-state index is 12.5. The molecule has 0 fully saturated rings. The van der Waals surface area contributed by atoms with Crippen molar-refractivity contribution in [1.82, 2.24) is 15.2 Å². The third kappa shape index (κ3) is 2.48. The highest BCUT2D eigenvalue weighted by Crippen LogP contribution is 2.26. The monoisotopic (exact) mass is 301 g/mol. The van der Waals surface area contributed by atoms with Crippen molar-refractivity contribution in [2.45, 2.75) is 4.90 Å². The van der Waals surface area contributed by atoms with Gasteiger partial charge in [-0.15, -0.1) is 5.10 Å². The van der Waals surface area contributed by atoms with E-state index in [1.54, 1.807) is 18.2 Å². The maximum absolute atomic E-state index is 12.5. The van der Waals surface area contributed by atoms with Gasteiger partial charge in [-0.05, 0) is 36.4 Å². The summed E-state index contributed by atoms with van der Waals surface area (Å²) in [6, 6.07) is 9.48. The highest BCUT2D eigenvalue weighted by Gasteiger charge is 2.19. The summed E-state index contributed by atoms with van der Waals surface area (Å²) in [5.41, 5.74) is 6.63. The Morgan fingerprint density at radius 1 is 1.05 bits per heavy atom. The topological polar surface area (TPSA) is 111 Å². The molecule has 0 radical (unpaired) electrons. The molecule has 1 aromatic carbocycles. The zero-order valence-electron chi connectivity index (χ0n) is 10.8. The Morgan fingerprint density at radius 2 is 1.86 bits per heavy atom. The first-order valence-electron chi connectivity index (χ1n) is 6.02. The van der Waals surface area contributed by atoms with Crippen LogP contribution in [0.1, 0.15) is 0 Å². The zero-order valence-corrected chi connectivity index (χ0v) is 11.6. The molecule has 0 amide bonds. The van der Waals surface area contributed by atoms with Crippen molar-refractivity contribution >= 4 is 32.4 Å². The lowest BCUT2D eigenvalue weighted by molar-refractivity contribution is 0.601. The second kappa shape index (κ2) is 4.98. The van der Waals surface area contributed by atoms with Gasteiger partial charge in [0.25, 0.3) is 10.0 Å². The molecular weight excluding hydrogens is 290 g/mol. The number of benzene rings is 1. The van der Waals surface area contributed by atoms with Crippen LogP contribution >= 0.6 is 0 Å². The number of rotatable bonds is 3. The maximum Gasteiger partial charge on any atom is 0.265 e. The molecule has 0 atom stereocenters. The molecule has 0 spiro atoms. The second-order valence-electron chi connectivity index (χ2n) is 4.27. The third-order valence-electron chi connectivity index (χ3n) is 2.87. The second-order valence-corrected chi connectivity index (χ2v) is 5.92. The SMILES string of the molecule is Nc1ccc(S(=O)(=O)Nc2cccnn2)c2ncccc12. The van der Waals surface area contributed by atoms with E-state index in [-0.39, 0.29) is 10.7 Å². The average molecular weight is 301 g/mol. The number of nitrogens with zero attached hydrogens (tertiary/aromatic N) is 3. The fraction of sp³-hybridized carbons (Fsp3) is 0. The molecule has 2 heterocycles. The van der Waals surface area contributed by atoms with E-state index in [1.165, 1.54) is 30.6 Å². The molecule has 0 aliphatic carbocycles. The number of pyridine rings is 1. The number of anilines is 2. The molecule has 7 nitrogen and oxygen atoms in total. The molecule has 21 heavy (non-hydrogen) atoms. The number of hydrogen-bond acceptors (Lipinski definition) is 6. The number of hydrogen-bond donors (Lipinski definition) is 2. The lowest BCUT2D eigenvalue weighted by atomic mass is 10.2. The van der Waals surface area contributed by atoms with E-state index >= 15 is 0 Å². The Morgan fingerprint density at radius 3 is 2.62 bits per heavy atom. The first-order chi connectivity index (χ1) is 10.1. The molecule has 0 saturated heterocycles. The molecule has 0 unspecified atom stereocenters. The van der Waals surface area contributed by atoms with Crippen LogP contribution < -0.4 is 10.5 Å². The molecule has 0 aliphatic rings. The number of aromatic nitrogens is 3. The summed E-state index contributed by atoms with van der Waals surface area (Å²) in [6.45, 7) is 0. The lowest BCUT2D eigenvalue weighted by Gasteiger charge is -2.10. The molecule has 8 heteroatoms. The van der Waals surface area contributed by atoms with Crippen LogP contribution in [-0.4, -0.2) is 23.6 Å². The van der Waals surface area contributed by atoms with Crippen LogP contribution in [0, 0.1) is 0 Å². The Bertz CT molecular complexity index is 897. The summed E-state index contributed by atoms with van der Waals surface area (Å²) in [5.74, 6) is 0.137. The highest BCUT2D eigenvalue weighted by atomic mass is 32.2. The Labute approximate surface area is 120 Å². The van der Waals surface area contributed by atoms with Gasteiger partial charge in [0.05, 0.1) is 5.52 Å². The van der Waals surface area contributed by atoms with Crippen molar-refractivity contribution in [3.63, 3.8) is 0 Å². The first-order valence-corrected chi connectivity index (χ1v) is 7.50. The quantitative estimate of drug-likeness (QED) is 0.707. The smallest absolute Gasteiger partial charge is 0.265 e. The average Bonchev–Trinajstić information content (AvgIpc) is 2.48. The predicted octanol–water partition coefficient (Wildman–Crippen LogP) is 1.41. The van der Waals surface area contributed by atoms with Crippen LogP contribution in [0.15, 0.2) is 53.7 Å². The fourth-order valence-electron chi connectivity index (χ4n) is 1.93. The van der Waals surface area contributed by atoms with E-state index in [0.29, 0.717) is 16.6 Å². The van der Waals surface area contributed by atoms with E-state index in [2.05, 4.69) is 19.9 Å². The first kappa shape index (κ1) is 13.3. The largest absolute Gasteiger partial charge is 0.398 e. The predicted molar refractivity (Wildman–Crippen MR) is 79.0 cm³/mol. The van der Waals surface area contributed by atoms with Crippen molar-refractivity contribution in [2.75, 3.05) is 10.5 Å². The minimum atomic E-state index is -3.83. The molecule has 2 aromatic heterocycles. The van der Waals surface area contributed by atoms with Gasteiger partial charge in [0.15, 0.2) is 5.82 Å². The summed E-state index contributed by atoms with van der Waals surface area (Å²) in [7, 11) is -3.83. The summed E-state index contributed by atoms with van der Waals surface area (Å²) in [5, 5.41) is 7.91. The van der Waals surface area contributed by atoms with E-state index in [4.69, 9.17) is 5.73 Å². The van der Waals surface area contributed by atoms with Crippen molar-refractivity contribution in [2.24, 2.45) is 0 Å². The van der Waals surface area contributed by atoms with Gasteiger partial charge in [-0.2, -0.15) is 5.10 Å². The summed E-state index contributed by atoms with van der Waals surface area (Å²) < 4.78 is 27.3. The van der Waals surface area contributed by atoms with Gasteiger partial charge >= 0.3 is 0 Å². The molecule has 3 rings (SSSR count). The lowest BCUT2D eigenvalue weighted by Crippen LogP contribution is -2.15. The number of nitrogens with two attached hydrogens (primary N) is 1. The van der Waals surface area contributed by atoms with E-state index < -0.39 is 10.0 Å². The van der Waals surface area contributed by atoms with Crippen LogP contribution in [0.3, 0.4) is 0 Å². The fourth-order valence-corrected chi connectivity index (χ4v) is 3.09. The van der Waals surface area contributed by atoms with Crippen molar-refractivity contribution in [1.29, 1.82) is 0 Å². The van der Waals surface area contributed by atoms with E-state index in [1.807, 2.05) is 0 Å². The van der Waals surface area contributed by atoms with Crippen molar-refractivity contribution < 1.29 is 8.42 Å². The number of nitrogens with one attached hydrogen (secondary N) is 1. The molecular formula is C13H11N5O2S. The highest BCUT2D eigenvalue weighted by molar-refractivity contribution is 7.93. The number of nitrogen functional groups attached to an aromatic ring is 1. The normalized spacial score (nSPS) is 11.4. The van der Waals surface area contributed by atoms with Gasteiger partial charge in [0.1, 0.15) is 4.90 Å². The molecule has 106 valence electrons. The summed E-state index contributed by atoms with van der Waals surface area (Å²) >= 11 is 0. The van der Waals surface area contributed by atoms with Crippen LogP contribution in [0.2, 0.25) is 0 Å². The van der Waals surface area contributed by atoms with Gasteiger partial charge in [-0.1, -0.05) is 0 Å². The number of fused-ring (bicyclic) bond motifs is 1. The Hall–Kier alpha value is -2.74. The minimum absolute atomic E-state index is 0.0398. The van der Waals surface area contributed by atoms with Gasteiger partial charge in [0, 0.05) is 23.5 Å². The summed E-state index contributed by atoms with van der Waals surface area (Å²) in [4.78, 5) is 4.15. The molecule has 3 N–H and O–H groups in total. The minimum Gasteiger partial charge on any atom is -0.398 e. The van der Waals surface area contributed by atoms with Crippen LogP contribution in [0.4, 0.5) is 11.5 Å². The van der Waals surface area contributed by atoms with Gasteiger partial charge in [-0.25, -0.2) is 8.42 Å². The summed E-state index contributed by atoms with van der Waals surface area (Å²) in [6.07, 6.45) is 2.97. The Balaban J connectivity index is 2.14. The zero-order chi connectivity index (χ0) is 14.9. The number of sulfonamides is 1. The van der Waals surface area contributed by atoms with Crippen LogP contribution in [-0.2, 0) is 10.0 Å².